The number of hydrogen-bond acceptors (Lipinski definition) is 7. The van der Waals surface area contributed by atoms with Crippen LogP contribution in [0.15, 0.2) is 48.0 Å². The van der Waals surface area contributed by atoms with E-state index >= 15 is 0 Å². The van der Waals surface area contributed by atoms with Gasteiger partial charge >= 0.3 is 13.9 Å². The summed E-state index contributed by atoms with van der Waals surface area (Å²) in [6.07, 6.45) is 22.4. The zero-order valence-electron chi connectivity index (χ0n) is 33.8. The van der Waals surface area contributed by atoms with Crippen molar-refractivity contribution in [3.05, 3.63) is 64.7 Å². The summed E-state index contributed by atoms with van der Waals surface area (Å²) in [7, 11) is -4.60. The van der Waals surface area contributed by atoms with Crippen molar-refractivity contribution >= 4 is 25.7 Å². The van der Waals surface area contributed by atoms with Crippen LogP contribution in [-0.4, -0.2) is 28.3 Å². The fourth-order valence-electron chi connectivity index (χ4n) is 6.51. The van der Waals surface area contributed by atoms with E-state index in [1.54, 1.807) is 42.1 Å². The van der Waals surface area contributed by atoms with Gasteiger partial charge in [0.2, 0.25) is 0 Å². The van der Waals surface area contributed by atoms with Gasteiger partial charge in [-0.25, -0.2) is 9.36 Å². The summed E-state index contributed by atoms with van der Waals surface area (Å²) in [6.45, 7) is 15.4. The van der Waals surface area contributed by atoms with Crippen LogP contribution in [0.1, 0.15) is 168 Å². The lowest BCUT2D eigenvalue weighted by Crippen LogP contribution is -2.29. The van der Waals surface area contributed by atoms with Crippen LogP contribution in [0.5, 0.6) is 17.2 Å². The lowest BCUT2D eigenvalue weighted by Gasteiger charge is -2.29. The Morgan fingerprint density at radius 3 is 1.83 bits per heavy atom. The van der Waals surface area contributed by atoms with E-state index in [-0.39, 0.29) is 11.5 Å². The highest BCUT2D eigenvalue weighted by atomic mass is 32.2. The molecule has 1 atom stereocenters. The number of thioether (sulfide) groups is 1. The molecule has 8 nitrogen and oxygen atoms in total. The first kappa shape index (κ1) is 44.8. The number of carbonyl (C=O) groups excluding carboxylic acids is 1. The van der Waals surface area contributed by atoms with Gasteiger partial charge in [0.25, 0.3) is 0 Å². The van der Waals surface area contributed by atoms with Crippen LogP contribution in [0.25, 0.3) is 0 Å². The minimum absolute atomic E-state index is 0.213. The number of nitrogens with zero attached hydrogens (tertiary/aromatic N) is 1. The van der Waals surface area contributed by atoms with Gasteiger partial charge in [0.05, 0.1) is 5.88 Å². The molecule has 1 unspecified atom stereocenters. The standard InChI is InChI=1S/C43H69N2O6PS/c1-8-9-10-11-12-13-14-15-16-17-18-19-20-21-22-23-27-44-41(46)49-39-31-38(43(5,6)7)40(32-37(39)42(2,3)4)51-52(47,48)50-36-26-24-25-35(30-36)33-45-28-29-53-34-45/h24-26,28-32H,8-23,27,33-34H2,1-7H3,(H,44,46)(H,47,48). The van der Waals surface area contributed by atoms with Crippen LogP contribution >= 0.6 is 19.6 Å². The molecule has 0 aliphatic carbocycles. The number of phosphoric ester groups is 1. The molecule has 2 aromatic rings. The molecule has 2 N–H and O–H groups in total. The molecule has 1 aliphatic heterocycles. The van der Waals surface area contributed by atoms with Gasteiger partial charge in [0.1, 0.15) is 17.2 Å². The lowest BCUT2D eigenvalue weighted by molar-refractivity contribution is 0.199. The number of ether oxygens (including phenoxy) is 1. The second-order valence-corrected chi connectivity index (χ2v) is 18.8. The van der Waals surface area contributed by atoms with Gasteiger partial charge in [-0.1, -0.05) is 157 Å². The molecule has 0 fully saturated rings. The topological polar surface area (TPSA) is 97.3 Å². The van der Waals surface area contributed by atoms with E-state index < -0.39 is 24.7 Å². The van der Waals surface area contributed by atoms with Gasteiger partial charge in [-0.2, -0.15) is 0 Å². The molecular weight excluding hydrogens is 704 g/mol. The maximum absolute atomic E-state index is 13.4. The zero-order chi connectivity index (χ0) is 38.7. The average molecular weight is 773 g/mol. The van der Waals surface area contributed by atoms with Crippen LogP contribution < -0.4 is 19.1 Å². The Balaban J connectivity index is 1.48. The smallest absolute Gasteiger partial charge is 0.410 e. The Hall–Kier alpha value is -2.61. The first-order valence-electron chi connectivity index (χ1n) is 20.2. The van der Waals surface area contributed by atoms with Gasteiger partial charge in [0.15, 0.2) is 0 Å². The molecule has 0 aromatic heterocycles. The third-order valence-corrected chi connectivity index (χ3v) is 11.2. The molecular formula is C43H69N2O6PS. The van der Waals surface area contributed by atoms with Gasteiger partial charge < -0.3 is 24.0 Å². The van der Waals surface area contributed by atoms with Crippen molar-refractivity contribution in [2.75, 3.05) is 12.4 Å². The molecule has 0 bridgehead atoms. The number of unbranched alkanes of at least 4 members (excludes halogenated alkanes) is 15. The Morgan fingerprint density at radius 1 is 0.774 bits per heavy atom. The molecule has 53 heavy (non-hydrogen) atoms. The largest absolute Gasteiger partial charge is 0.584 e. The molecule has 298 valence electrons. The minimum atomic E-state index is -4.60. The molecule has 2 aromatic carbocycles. The Kier molecular flexibility index (Phi) is 19.2. The van der Waals surface area contributed by atoms with Crippen molar-refractivity contribution in [2.45, 2.75) is 169 Å². The Morgan fingerprint density at radius 2 is 1.30 bits per heavy atom. The van der Waals surface area contributed by atoms with E-state index in [4.69, 9.17) is 13.8 Å². The molecule has 1 heterocycles. The second kappa shape index (κ2) is 22.7. The summed E-state index contributed by atoms with van der Waals surface area (Å²) < 4.78 is 30.7. The zero-order valence-corrected chi connectivity index (χ0v) is 35.6. The van der Waals surface area contributed by atoms with Crippen molar-refractivity contribution in [2.24, 2.45) is 0 Å². The third kappa shape index (κ3) is 17.6. The van der Waals surface area contributed by atoms with Gasteiger partial charge in [-0.05, 0) is 52.5 Å². The minimum Gasteiger partial charge on any atom is -0.410 e. The van der Waals surface area contributed by atoms with Gasteiger partial charge in [0, 0.05) is 30.4 Å². The summed E-state index contributed by atoms with van der Waals surface area (Å²) in [4.78, 5) is 26.1. The maximum Gasteiger partial charge on any atom is 0.584 e. The van der Waals surface area contributed by atoms with E-state index in [1.165, 1.54) is 89.9 Å². The normalized spacial score (nSPS) is 14.3. The number of benzene rings is 2. The molecule has 1 aliphatic rings. The molecule has 0 radical (unpaired) electrons. The number of amides is 1. The SMILES string of the molecule is CCCCCCCCCCCCCCCCCCNC(=O)Oc1cc(C(C)(C)C)c(OP(=O)(O)Oc2cccc(CN3C=CSC3)c2)cc1C(C)(C)C. The van der Waals surface area contributed by atoms with E-state index in [2.05, 4.69) is 17.1 Å². The molecule has 10 heteroatoms. The third-order valence-electron chi connectivity index (χ3n) is 9.53. The summed E-state index contributed by atoms with van der Waals surface area (Å²) in [5.41, 5.74) is 1.28. The van der Waals surface area contributed by atoms with Crippen LogP contribution in [-0.2, 0) is 21.9 Å². The van der Waals surface area contributed by atoms with Gasteiger partial charge in [-0.3, -0.25) is 4.89 Å². The van der Waals surface area contributed by atoms with E-state index in [1.807, 2.05) is 59.2 Å². The fourth-order valence-corrected chi connectivity index (χ4v) is 8.04. The quantitative estimate of drug-likeness (QED) is 0.0804. The summed E-state index contributed by atoms with van der Waals surface area (Å²) in [5.74, 6) is 1.72. The van der Waals surface area contributed by atoms with E-state index in [9.17, 15) is 14.3 Å². The number of rotatable bonds is 24. The molecule has 3 rings (SSSR count). The summed E-state index contributed by atoms with van der Waals surface area (Å²) in [6, 6.07) is 10.6. The maximum atomic E-state index is 13.4. The highest BCUT2D eigenvalue weighted by molar-refractivity contribution is 8.02. The van der Waals surface area contributed by atoms with E-state index in [0.29, 0.717) is 30.0 Å². The van der Waals surface area contributed by atoms with Crippen molar-refractivity contribution in [3.8, 4) is 17.2 Å². The molecule has 0 spiro atoms. The summed E-state index contributed by atoms with van der Waals surface area (Å²) >= 11 is 1.72. The fraction of sp³-hybridized carbons (Fsp3) is 0.651. The van der Waals surface area contributed by atoms with Crippen molar-refractivity contribution in [1.82, 2.24) is 10.2 Å². The van der Waals surface area contributed by atoms with Crippen LogP contribution in [0.2, 0.25) is 0 Å². The number of hydrogen-bond donors (Lipinski definition) is 2. The first-order valence-corrected chi connectivity index (χ1v) is 22.7. The Labute approximate surface area is 325 Å². The Bertz CT molecular complexity index is 1470. The predicted molar refractivity (Wildman–Crippen MR) is 222 cm³/mol. The average Bonchev–Trinajstić information content (AvgIpc) is 3.58. The second-order valence-electron chi connectivity index (χ2n) is 16.6. The van der Waals surface area contributed by atoms with Crippen molar-refractivity contribution < 1.29 is 28.0 Å². The monoisotopic (exact) mass is 772 g/mol. The predicted octanol–water partition coefficient (Wildman–Crippen LogP) is 13.2. The van der Waals surface area contributed by atoms with Crippen molar-refractivity contribution in [3.63, 3.8) is 0 Å². The highest BCUT2D eigenvalue weighted by Gasteiger charge is 2.33. The van der Waals surface area contributed by atoms with Crippen LogP contribution in [0, 0.1) is 0 Å². The summed E-state index contributed by atoms with van der Waals surface area (Å²) in [5, 5.41) is 4.96. The first-order chi connectivity index (χ1) is 25.2. The highest BCUT2D eigenvalue weighted by Crippen LogP contribution is 2.49. The number of nitrogens with one attached hydrogen (secondary N) is 1. The molecule has 0 saturated carbocycles. The van der Waals surface area contributed by atoms with Gasteiger partial charge in [-0.15, -0.1) is 11.8 Å². The molecule has 0 saturated heterocycles. The van der Waals surface area contributed by atoms with E-state index in [0.717, 1.165) is 24.3 Å². The number of phosphoric acid groups is 1. The van der Waals surface area contributed by atoms with Crippen LogP contribution in [0.4, 0.5) is 4.79 Å². The lowest BCUT2D eigenvalue weighted by atomic mass is 9.81. The van der Waals surface area contributed by atoms with Crippen molar-refractivity contribution in [1.29, 1.82) is 0 Å². The molecule has 1 amide bonds. The number of carbonyl (C=O) groups is 1. The van der Waals surface area contributed by atoms with Crippen LogP contribution in [0.3, 0.4) is 0 Å².